The monoisotopic (exact) mass is 297 g/mol. The van der Waals surface area contributed by atoms with E-state index >= 15 is 0 Å². The van der Waals surface area contributed by atoms with Gasteiger partial charge in [0.05, 0.1) is 13.7 Å². The van der Waals surface area contributed by atoms with Gasteiger partial charge in [-0.3, -0.25) is 9.59 Å². The Kier molecular flexibility index (Phi) is 6.65. The summed E-state index contributed by atoms with van der Waals surface area (Å²) in [6.45, 7) is 3.90. The summed E-state index contributed by atoms with van der Waals surface area (Å²) >= 11 is 0. The van der Waals surface area contributed by atoms with E-state index in [1.54, 1.807) is 6.92 Å². The zero-order valence-corrected chi connectivity index (χ0v) is 12.5. The molecule has 116 valence electrons. The molecule has 0 aromatic heterocycles. The van der Waals surface area contributed by atoms with Crippen LogP contribution in [0.4, 0.5) is 4.39 Å². The molecule has 1 aromatic rings. The van der Waals surface area contributed by atoms with Gasteiger partial charge >= 0.3 is 5.97 Å². The second-order valence-corrected chi connectivity index (χ2v) is 4.35. The van der Waals surface area contributed by atoms with Crippen LogP contribution >= 0.6 is 0 Å². The fraction of sp³-hybridized carbons (Fsp3) is 0.467. The molecule has 0 radical (unpaired) electrons. The third-order valence-corrected chi connectivity index (χ3v) is 2.82. The van der Waals surface area contributed by atoms with E-state index in [1.165, 1.54) is 30.2 Å². The molecule has 1 rings (SSSR count). The third kappa shape index (κ3) is 4.44. The minimum atomic E-state index is -0.677. The molecule has 6 heteroatoms. The van der Waals surface area contributed by atoms with Gasteiger partial charge in [-0.15, -0.1) is 0 Å². The lowest BCUT2D eigenvalue weighted by molar-refractivity contribution is -0.143. The van der Waals surface area contributed by atoms with Crippen LogP contribution in [0.25, 0.3) is 0 Å². The summed E-state index contributed by atoms with van der Waals surface area (Å²) < 4.78 is 23.8. The summed E-state index contributed by atoms with van der Waals surface area (Å²) in [5.74, 6) is -1.64. The van der Waals surface area contributed by atoms with Crippen molar-refractivity contribution in [2.75, 3.05) is 26.8 Å². The first-order valence-corrected chi connectivity index (χ1v) is 6.82. The summed E-state index contributed by atoms with van der Waals surface area (Å²) in [4.78, 5) is 25.3. The van der Waals surface area contributed by atoms with Crippen LogP contribution in [0.2, 0.25) is 0 Å². The minimum Gasteiger partial charge on any atom is -0.496 e. The fourth-order valence-electron chi connectivity index (χ4n) is 1.92. The van der Waals surface area contributed by atoms with Crippen LogP contribution in [0.15, 0.2) is 18.2 Å². The van der Waals surface area contributed by atoms with Crippen molar-refractivity contribution < 1.29 is 23.5 Å². The number of carbonyl (C=O) groups is 2. The number of halogens is 1. The van der Waals surface area contributed by atoms with E-state index in [0.717, 1.165) is 0 Å². The molecule has 0 unspecified atom stereocenters. The molecule has 1 aromatic carbocycles. The number of amides is 1. The van der Waals surface area contributed by atoms with Gasteiger partial charge in [0.1, 0.15) is 23.7 Å². The number of carbonyl (C=O) groups excluding carboxylic acids is 2. The van der Waals surface area contributed by atoms with E-state index in [0.29, 0.717) is 13.0 Å². The third-order valence-electron chi connectivity index (χ3n) is 2.82. The first-order valence-electron chi connectivity index (χ1n) is 6.82. The molecular formula is C15H20FNO4. The van der Waals surface area contributed by atoms with Crippen LogP contribution in [0, 0.1) is 5.82 Å². The Labute approximate surface area is 123 Å². The molecule has 1 amide bonds. The van der Waals surface area contributed by atoms with Crippen molar-refractivity contribution in [2.45, 2.75) is 20.3 Å². The number of hydrogen-bond donors (Lipinski definition) is 0. The molecule has 0 aliphatic carbocycles. The average molecular weight is 297 g/mol. The van der Waals surface area contributed by atoms with Crippen molar-refractivity contribution in [3.8, 4) is 5.75 Å². The minimum absolute atomic E-state index is 0.143. The van der Waals surface area contributed by atoms with Crippen molar-refractivity contribution >= 4 is 11.9 Å². The molecular weight excluding hydrogens is 277 g/mol. The molecule has 0 fully saturated rings. The molecule has 21 heavy (non-hydrogen) atoms. The standard InChI is InChI=1S/C15H20FNO4/c1-4-9-17(10-13(18)21-5-2)15(19)14-11(16)7-6-8-12(14)20-3/h6-8H,4-5,9-10H2,1-3H3. The maximum absolute atomic E-state index is 13.9. The maximum Gasteiger partial charge on any atom is 0.325 e. The second-order valence-electron chi connectivity index (χ2n) is 4.35. The Hall–Kier alpha value is -2.11. The van der Waals surface area contributed by atoms with Gasteiger partial charge < -0.3 is 14.4 Å². The van der Waals surface area contributed by atoms with Gasteiger partial charge in [-0.2, -0.15) is 0 Å². The van der Waals surface area contributed by atoms with Gasteiger partial charge in [0.2, 0.25) is 0 Å². The average Bonchev–Trinajstić information content (AvgIpc) is 2.46. The van der Waals surface area contributed by atoms with Crippen LogP contribution in [0.1, 0.15) is 30.6 Å². The van der Waals surface area contributed by atoms with Gasteiger partial charge in [0.25, 0.3) is 5.91 Å². The lowest BCUT2D eigenvalue weighted by Gasteiger charge is -2.22. The molecule has 0 saturated heterocycles. The Morgan fingerprint density at radius 1 is 1.29 bits per heavy atom. The van der Waals surface area contributed by atoms with E-state index in [2.05, 4.69) is 0 Å². The normalized spacial score (nSPS) is 10.1. The Morgan fingerprint density at radius 2 is 2.00 bits per heavy atom. The number of hydrogen-bond acceptors (Lipinski definition) is 4. The molecule has 0 saturated carbocycles. The van der Waals surface area contributed by atoms with Gasteiger partial charge in [0.15, 0.2) is 0 Å². The first kappa shape index (κ1) is 16.9. The van der Waals surface area contributed by atoms with E-state index in [1.807, 2.05) is 6.92 Å². The highest BCUT2D eigenvalue weighted by atomic mass is 19.1. The van der Waals surface area contributed by atoms with E-state index < -0.39 is 17.7 Å². The molecule has 0 atom stereocenters. The lowest BCUT2D eigenvalue weighted by atomic mass is 10.1. The zero-order chi connectivity index (χ0) is 15.8. The van der Waals surface area contributed by atoms with Crippen molar-refractivity contribution in [1.29, 1.82) is 0 Å². The SMILES string of the molecule is CCCN(CC(=O)OCC)C(=O)c1c(F)cccc1OC. The molecule has 0 bridgehead atoms. The summed E-state index contributed by atoms with van der Waals surface area (Å²) in [6, 6.07) is 4.15. The van der Waals surface area contributed by atoms with Crippen LogP contribution in [0.5, 0.6) is 5.75 Å². The smallest absolute Gasteiger partial charge is 0.325 e. The number of rotatable bonds is 7. The summed E-state index contributed by atoms with van der Waals surface area (Å²) in [5.41, 5.74) is -0.169. The summed E-state index contributed by atoms with van der Waals surface area (Å²) in [6.07, 6.45) is 0.641. The molecule has 0 N–H and O–H groups in total. The zero-order valence-electron chi connectivity index (χ0n) is 12.5. The quantitative estimate of drug-likeness (QED) is 0.724. The van der Waals surface area contributed by atoms with E-state index in [4.69, 9.17) is 9.47 Å². The topological polar surface area (TPSA) is 55.8 Å². The van der Waals surface area contributed by atoms with Crippen LogP contribution in [-0.4, -0.2) is 43.6 Å². The lowest BCUT2D eigenvalue weighted by Crippen LogP contribution is -2.37. The van der Waals surface area contributed by atoms with Crippen LogP contribution in [-0.2, 0) is 9.53 Å². The predicted octanol–water partition coefficient (Wildman–Crippen LogP) is 2.25. The second kappa shape index (κ2) is 8.24. The highest BCUT2D eigenvalue weighted by molar-refractivity contribution is 5.98. The van der Waals surface area contributed by atoms with Gasteiger partial charge in [0, 0.05) is 6.54 Å². The Balaban J connectivity index is 3.03. The number of methoxy groups -OCH3 is 1. The summed E-state index contributed by atoms with van der Waals surface area (Å²) in [5, 5.41) is 0. The Morgan fingerprint density at radius 3 is 2.57 bits per heavy atom. The molecule has 0 aliphatic rings. The maximum atomic E-state index is 13.9. The number of nitrogens with zero attached hydrogens (tertiary/aromatic N) is 1. The van der Waals surface area contributed by atoms with Gasteiger partial charge in [-0.05, 0) is 25.5 Å². The van der Waals surface area contributed by atoms with E-state index in [-0.39, 0.29) is 24.5 Å². The fourth-order valence-corrected chi connectivity index (χ4v) is 1.92. The molecule has 0 spiro atoms. The van der Waals surface area contributed by atoms with Crippen molar-refractivity contribution in [1.82, 2.24) is 4.90 Å². The van der Waals surface area contributed by atoms with Crippen molar-refractivity contribution in [2.24, 2.45) is 0 Å². The van der Waals surface area contributed by atoms with E-state index in [9.17, 15) is 14.0 Å². The first-order chi connectivity index (χ1) is 10.0. The highest BCUT2D eigenvalue weighted by Crippen LogP contribution is 2.23. The van der Waals surface area contributed by atoms with Gasteiger partial charge in [-0.1, -0.05) is 13.0 Å². The van der Waals surface area contributed by atoms with Crippen molar-refractivity contribution in [3.05, 3.63) is 29.6 Å². The highest BCUT2D eigenvalue weighted by Gasteiger charge is 2.24. The largest absolute Gasteiger partial charge is 0.496 e. The summed E-state index contributed by atoms with van der Waals surface area (Å²) in [7, 11) is 1.36. The number of benzene rings is 1. The van der Waals surface area contributed by atoms with Gasteiger partial charge in [-0.25, -0.2) is 4.39 Å². The van der Waals surface area contributed by atoms with Crippen LogP contribution in [0.3, 0.4) is 0 Å². The molecule has 0 aliphatic heterocycles. The molecule has 5 nitrogen and oxygen atoms in total. The number of ether oxygens (including phenoxy) is 2. The number of esters is 1. The molecule has 0 heterocycles. The van der Waals surface area contributed by atoms with Crippen LogP contribution < -0.4 is 4.74 Å². The predicted molar refractivity (Wildman–Crippen MR) is 75.8 cm³/mol. The Bertz CT molecular complexity index is 504. The van der Waals surface area contributed by atoms with Crippen molar-refractivity contribution in [3.63, 3.8) is 0 Å².